The Balaban J connectivity index is 1.89. The van der Waals surface area contributed by atoms with Gasteiger partial charge in [0.15, 0.2) is 11.5 Å². The molecule has 0 aliphatic carbocycles. The zero-order valence-corrected chi connectivity index (χ0v) is 11.4. The standard InChI is InChI=1S/C12H16N8/c1-3-13-12-18-10(9-11(19-12)16-7-15-9)14-6-8-4-5-17-20(8)2/h4-5,7H,3,6H2,1-2H3,(H3,13,14,15,16,18,19). The number of nitrogens with one attached hydrogen (secondary N) is 3. The van der Waals surface area contributed by atoms with Crippen molar-refractivity contribution in [2.75, 3.05) is 17.2 Å². The summed E-state index contributed by atoms with van der Waals surface area (Å²) < 4.78 is 1.82. The van der Waals surface area contributed by atoms with Crippen molar-refractivity contribution in [1.82, 2.24) is 29.7 Å². The molecule has 0 spiro atoms. The van der Waals surface area contributed by atoms with Gasteiger partial charge in [-0.05, 0) is 13.0 Å². The van der Waals surface area contributed by atoms with Gasteiger partial charge in [-0.15, -0.1) is 0 Å². The molecule has 0 fully saturated rings. The molecule has 0 radical (unpaired) electrons. The van der Waals surface area contributed by atoms with Gasteiger partial charge in [-0.2, -0.15) is 15.1 Å². The minimum absolute atomic E-state index is 0.569. The van der Waals surface area contributed by atoms with E-state index >= 15 is 0 Å². The monoisotopic (exact) mass is 272 g/mol. The largest absolute Gasteiger partial charge is 0.362 e. The Morgan fingerprint density at radius 1 is 1.30 bits per heavy atom. The summed E-state index contributed by atoms with van der Waals surface area (Å²) in [6, 6.07) is 1.96. The first kappa shape index (κ1) is 12.4. The van der Waals surface area contributed by atoms with Crippen LogP contribution in [0.2, 0.25) is 0 Å². The number of aromatic amines is 1. The number of aryl methyl sites for hydroxylation is 1. The van der Waals surface area contributed by atoms with Crippen LogP contribution in [0.4, 0.5) is 11.8 Å². The van der Waals surface area contributed by atoms with Gasteiger partial charge in [0.25, 0.3) is 0 Å². The Bertz CT molecular complexity index is 713. The SMILES string of the molecule is CCNc1nc(NCc2ccnn2C)c2[nH]cnc2n1. The minimum atomic E-state index is 0.569. The fourth-order valence-corrected chi connectivity index (χ4v) is 1.95. The Hall–Kier alpha value is -2.64. The Morgan fingerprint density at radius 2 is 2.20 bits per heavy atom. The molecule has 8 heteroatoms. The number of H-pyrrole nitrogens is 1. The predicted octanol–water partition coefficient (Wildman–Crippen LogP) is 1.13. The molecule has 0 saturated heterocycles. The van der Waals surface area contributed by atoms with Crippen molar-refractivity contribution in [1.29, 1.82) is 0 Å². The van der Waals surface area contributed by atoms with Crippen molar-refractivity contribution in [2.24, 2.45) is 7.05 Å². The number of fused-ring (bicyclic) bond motifs is 1. The molecule has 8 nitrogen and oxygen atoms in total. The molecule has 3 aromatic rings. The molecule has 0 unspecified atom stereocenters. The molecular weight excluding hydrogens is 256 g/mol. The van der Waals surface area contributed by atoms with Gasteiger partial charge < -0.3 is 15.6 Å². The predicted molar refractivity (Wildman–Crippen MR) is 76.4 cm³/mol. The molecule has 104 valence electrons. The number of imidazole rings is 1. The van der Waals surface area contributed by atoms with Crippen LogP contribution in [0.5, 0.6) is 0 Å². The molecule has 0 aromatic carbocycles. The molecule has 0 bridgehead atoms. The quantitative estimate of drug-likeness (QED) is 0.644. The van der Waals surface area contributed by atoms with Gasteiger partial charge in [0.1, 0.15) is 5.52 Å². The molecule has 3 N–H and O–H groups in total. The lowest BCUT2D eigenvalue weighted by Gasteiger charge is -2.08. The van der Waals surface area contributed by atoms with Crippen molar-refractivity contribution in [3.63, 3.8) is 0 Å². The summed E-state index contributed by atoms with van der Waals surface area (Å²) in [5, 5.41) is 10.5. The molecule has 0 aliphatic rings. The van der Waals surface area contributed by atoms with Crippen LogP contribution in [0.15, 0.2) is 18.6 Å². The van der Waals surface area contributed by atoms with Gasteiger partial charge >= 0.3 is 0 Å². The van der Waals surface area contributed by atoms with Crippen LogP contribution in [-0.4, -0.2) is 36.3 Å². The van der Waals surface area contributed by atoms with E-state index in [0.717, 1.165) is 23.6 Å². The summed E-state index contributed by atoms with van der Waals surface area (Å²) in [7, 11) is 1.91. The highest BCUT2D eigenvalue weighted by atomic mass is 15.3. The van der Waals surface area contributed by atoms with Crippen LogP contribution in [0.3, 0.4) is 0 Å². The van der Waals surface area contributed by atoms with E-state index in [0.29, 0.717) is 18.1 Å². The molecule has 0 aliphatic heterocycles. The second-order valence-electron chi connectivity index (χ2n) is 4.33. The molecule has 0 amide bonds. The zero-order chi connectivity index (χ0) is 13.9. The van der Waals surface area contributed by atoms with E-state index in [1.54, 1.807) is 12.5 Å². The van der Waals surface area contributed by atoms with Crippen molar-refractivity contribution in [3.05, 3.63) is 24.3 Å². The van der Waals surface area contributed by atoms with Crippen LogP contribution in [0.25, 0.3) is 11.2 Å². The first-order valence-corrected chi connectivity index (χ1v) is 6.43. The maximum atomic E-state index is 4.46. The molecule has 0 atom stereocenters. The smallest absolute Gasteiger partial charge is 0.226 e. The normalized spacial score (nSPS) is 10.9. The summed E-state index contributed by atoms with van der Waals surface area (Å²) in [5.41, 5.74) is 2.51. The summed E-state index contributed by atoms with van der Waals surface area (Å²) >= 11 is 0. The molecule has 0 saturated carbocycles. The van der Waals surface area contributed by atoms with E-state index in [-0.39, 0.29) is 0 Å². The average molecular weight is 272 g/mol. The average Bonchev–Trinajstić information content (AvgIpc) is 3.05. The van der Waals surface area contributed by atoms with Crippen molar-refractivity contribution in [3.8, 4) is 0 Å². The van der Waals surface area contributed by atoms with E-state index in [1.165, 1.54) is 0 Å². The van der Waals surface area contributed by atoms with Crippen LogP contribution in [-0.2, 0) is 13.6 Å². The number of nitrogens with zero attached hydrogens (tertiary/aromatic N) is 5. The van der Waals surface area contributed by atoms with Crippen LogP contribution >= 0.6 is 0 Å². The van der Waals surface area contributed by atoms with E-state index in [4.69, 9.17) is 0 Å². The van der Waals surface area contributed by atoms with Crippen molar-refractivity contribution >= 4 is 22.9 Å². The lowest BCUT2D eigenvalue weighted by molar-refractivity contribution is 0.720. The molecule has 3 rings (SSSR count). The minimum Gasteiger partial charge on any atom is -0.362 e. The van der Waals surface area contributed by atoms with Gasteiger partial charge in [0.2, 0.25) is 5.95 Å². The third-order valence-electron chi connectivity index (χ3n) is 2.98. The van der Waals surface area contributed by atoms with E-state index in [2.05, 4.69) is 35.7 Å². The maximum Gasteiger partial charge on any atom is 0.226 e. The van der Waals surface area contributed by atoms with E-state index in [1.807, 2.05) is 24.7 Å². The second-order valence-corrected chi connectivity index (χ2v) is 4.33. The fraction of sp³-hybridized carbons (Fsp3) is 0.333. The summed E-state index contributed by atoms with van der Waals surface area (Å²) in [4.78, 5) is 16.0. The number of hydrogen-bond acceptors (Lipinski definition) is 6. The third kappa shape index (κ3) is 2.27. The van der Waals surface area contributed by atoms with Crippen LogP contribution in [0, 0.1) is 0 Å². The van der Waals surface area contributed by atoms with Crippen LogP contribution in [0.1, 0.15) is 12.6 Å². The lowest BCUT2D eigenvalue weighted by Crippen LogP contribution is -2.09. The molecule has 20 heavy (non-hydrogen) atoms. The summed E-state index contributed by atoms with van der Waals surface area (Å²) in [6.07, 6.45) is 3.39. The molecule has 3 heterocycles. The second kappa shape index (κ2) is 5.16. The van der Waals surface area contributed by atoms with Gasteiger partial charge in [-0.1, -0.05) is 0 Å². The molecular formula is C12H16N8. The van der Waals surface area contributed by atoms with Gasteiger partial charge in [-0.25, -0.2) is 4.98 Å². The Kier molecular flexibility index (Phi) is 3.20. The first-order valence-electron chi connectivity index (χ1n) is 6.43. The van der Waals surface area contributed by atoms with Gasteiger partial charge in [0.05, 0.1) is 18.6 Å². The lowest BCUT2D eigenvalue weighted by atomic mass is 10.4. The first-order chi connectivity index (χ1) is 9.78. The van der Waals surface area contributed by atoms with Crippen molar-refractivity contribution < 1.29 is 0 Å². The number of rotatable bonds is 5. The summed E-state index contributed by atoms with van der Waals surface area (Å²) in [6.45, 7) is 3.39. The topological polar surface area (TPSA) is 96.3 Å². The molecule has 3 aromatic heterocycles. The highest BCUT2D eigenvalue weighted by Gasteiger charge is 2.10. The van der Waals surface area contributed by atoms with Crippen LogP contribution < -0.4 is 10.6 Å². The number of aromatic nitrogens is 6. The Labute approximate surface area is 115 Å². The van der Waals surface area contributed by atoms with E-state index < -0.39 is 0 Å². The van der Waals surface area contributed by atoms with Crippen molar-refractivity contribution in [2.45, 2.75) is 13.5 Å². The highest BCUT2D eigenvalue weighted by molar-refractivity contribution is 5.83. The number of anilines is 2. The fourth-order valence-electron chi connectivity index (χ4n) is 1.95. The maximum absolute atomic E-state index is 4.46. The number of hydrogen-bond donors (Lipinski definition) is 3. The van der Waals surface area contributed by atoms with E-state index in [9.17, 15) is 0 Å². The van der Waals surface area contributed by atoms with Gasteiger partial charge in [-0.3, -0.25) is 4.68 Å². The Morgan fingerprint density at radius 3 is 2.95 bits per heavy atom. The van der Waals surface area contributed by atoms with Gasteiger partial charge in [0, 0.05) is 19.8 Å². The highest BCUT2D eigenvalue weighted by Crippen LogP contribution is 2.19. The third-order valence-corrected chi connectivity index (χ3v) is 2.98. The summed E-state index contributed by atoms with van der Waals surface area (Å²) in [5.74, 6) is 1.30. The zero-order valence-electron chi connectivity index (χ0n) is 11.4.